The van der Waals surface area contributed by atoms with Crippen molar-refractivity contribution in [2.45, 2.75) is 29.5 Å². The van der Waals surface area contributed by atoms with E-state index in [1.807, 2.05) is 0 Å². The lowest BCUT2D eigenvalue weighted by atomic mass is 9.93. The molecule has 3 aromatic carbocycles. The van der Waals surface area contributed by atoms with E-state index in [0.29, 0.717) is 27.6 Å². The van der Waals surface area contributed by atoms with Gasteiger partial charge in [-0.2, -0.15) is 0 Å². The number of rotatable bonds is 8. The Bertz CT molecular complexity index is 1390. The van der Waals surface area contributed by atoms with Crippen LogP contribution >= 0.6 is 11.6 Å². The van der Waals surface area contributed by atoms with E-state index in [9.17, 15) is 18.0 Å². The molecule has 1 aliphatic rings. The fraction of sp³-hybridized carbons (Fsp3) is 0.286. The SMILES string of the molecule is CCOC(=O)C1C(c2ccc(OC)cc2)NC(c2ccc(OC)cc2)C(C(=O)c2ccc(Cl)cc2)S1(=O)=O. The summed E-state index contributed by atoms with van der Waals surface area (Å²) in [5, 5.41) is 0.443. The molecule has 8 nitrogen and oxygen atoms in total. The summed E-state index contributed by atoms with van der Waals surface area (Å²) in [6, 6.07) is 17.5. The van der Waals surface area contributed by atoms with E-state index in [0.717, 1.165) is 0 Å². The maximum Gasteiger partial charge on any atom is 0.326 e. The molecule has 4 atom stereocenters. The molecule has 0 saturated carbocycles. The van der Waals surface area contributed by atoms with Crippen molar-refractivity contribution in [3.05, 3.63) is 94.5 Å². The number of nitrogens with one attached hydrogen (secondary N) is 1. The standard InChI is InChI=1S/C28H28ClNO7S/c1-4-37-28(32)27-24(18-9-15-22(36-3)16-10-18)30-23(17-7-13-21(35-2)14-8-17)26(38(27,33)34)25(31)19-5-11-20(29)12-6-19/h5-16,23-24,26-27,30H,4H2,1-3H3. The van der Waals surface area contributed by atoms with Crippen molar-refractivity contribution in [2.75, 3.05) is 20.8 Å². The number of sulfone groups is 1. The van der Waals surface area contributed by atoms with Crippen molar-refractivity contribution in [1.29, 1.82) is 0 Å². The van der Waals surface area contributed by atoms with Crippen molar-refractivity contribution in [3.63, 3.8) is 0 Å². The lowest BCUT2D eigenvalue weighted by molar-refractivity contribution is -0.143. The highest BCUT2D eigenvalue weighted by Gasteiger charge is 2.56. The summed E-state index contributed by atoms with van der Waals surface area (Å²) < 4.78 is 44.3. The molecule has 1 N–H and O–H groups in total. The van der Waals surface area contributed by atoms with Crippen LogP contribution in [0.5, 0.6) is 11.5 Å². The first kappa shape index (κ1) is 27.6. The van der Waals surface area contributed by atoms with Crippen molar-refractivity contribution in [2.24, 2.45) is 0 Å². The smallest absolute Gasteiger partial charge is 0.326 e. The predicted molar refractivity (Wildman–Crippen MR) is 144 cm³/mol. The van der Waals surface area contributed by atoms with Crippen molar-refractivity contribution >= 4 is 33.2 Å². The van der Waals surface area contributed by atoms with Crippen LogP contribution in [0.25, 0.3) is 0 Å². The third-order valence-corrected chi connectivity index (χ3v) is 9.15. The maximum absolute atomic E-state index is 14.3. The highest BCUT2D eigenvalue weighted by molar-refractivity contribution is 7.94. The Morgan fingerprint density at radius 2 is 1.26 bits per heavy atom. The summed E-state index contributed by atoms with van der Waals surface area (Å²) in [7, 11) is -1.41. The number of halogens is 1. The monoisotopic (exact) mass is 557 g/mol. The van der Waals surface area contributed by atoms with Gasteiger partial charge in [-0.25, -0.2) is 8.42 Å². The molecule has 1 fully saturated rings. The van der Waals surface area contributed by atoms with E-state index in [2.05, 4.69) is 5.32 Å². The molecule has 38 heavy (non-hydrogen) atoms. The quantitative estimate of drug-likeness (QED) is 0.322. The number of methoxy groups -OCH3 is 2. The first-order chi connectivity index (χ1) is 18.2. The maximum atomic E-state index is 14.3. The zero-order valence-corrected chi connectivity index (χ0v) is 22.7. The first-order valence-electron chi connectivity index (χ1n) is 11.9. The molecule has 1 heterocycles. The van der Waals surface area contributed by atoms with Gasteiger partial charge in [0.2, 0.25) is 0 Å². The van der Waals surface area contributed by atoms with Gasteiger partial charge in [0.15, 0.2) is 20.9 Å². The van der Waals surface area contributed by atoms with Gasteiger partial charge in [0, 0.05) is 10.6 Å². The Balaban J connectivity index is 1.89. The Hall–Kier alpha value is -3.40. The molecule has 0 spiro atoms. The molecule has 0 bridgehead atoms. The second-order valence-corrected chi connectivity index (χ2v) is 11.4. The van der Waals surface area contributed by atoms with Gasteiger partial charge < -0.3 is 14.2 Å². The normalized spacial score (nSPS) is 22.3. The molecule has 10 heteroatoms. The Morgan fingerprint density at radius 3 is 1.71 bits per heavy atom. The third-order valence-electron chi connectivity index (χ3n) is 6.53. The van der Waals surface area contributed by atoms with Crippen molar-refractivity contribution in [1.82, 2.24) is 5.32 Å². The third kappa shape index (κ3) is 5.41. The molecule has 4 rings (SSSR count). The van der Waals surface area contributed by atoms with E-state index < -0.39 is 44.2 Å². The molecule has 1 saturated heterocycles. The second kappa shape index (κ2) is 11.6. The minimum atomic E-state index is -4.45. The molecular formula is C28H28ClNO7S. The fourth-order valence-electron chi connectivity index (χ4n) is 4.64. The van der Waals surface area contributed by atoms with Gasteiger partial charge in [-0.15, -0.1) is 0 Å². The van der Waals surface area contributed by atoms with Crippen molar-refractivity contribution in [3.8, 4) is 11.5 Å². The molecule has 4 unspecified atom stereocenters. The number of carbonyl (C=O) groups excluding carboxylic acids is 2. The zero-order chi connectivity index (χ0) is 27.4. The minimum Gasteiger partial charge on any atom is -0.497 e. The van der Waals surface area contributed by atoms with E-state index in [4.69, 9.17) is 25.8 Å². The van der Waals surface area contributed by atoms with E-state index in [1.165, 1.54) is 38.5 Å². The molecular weight excluding hydrogens is 530 g/mol. The Labute approximate surface area is 226 Å². The van der Waals surface area contributed by atoms with Crippen LogP contribution in [-0.4, -0.2) is 51.5 Å². The summed E-state index contributed by atoms with van der Waals surface area (Å²) in [6.07, 6.45) is 0. The fourth-order valence-corrected chi connectivity index (χ4v) is 7.09. The minimum absolute atomic E-state index is 0.0160. The number of ketones is 1. The zero-order valence-electron chi connectivity index (χ0n) is 21.1. The lowest BCUT2D eigenvalue weighted by Gasteiger charge is -2.41. The van der Waals surface area contributed by atoms with E-state index in [1.54, 1.807) is 55.5 Å². The topological polar surface area (TPSA) is 108 Å². The van der Waals surface area contributed by atoms with Gasteiger partial charge in [0.25, 0.3) is 0 Å². The number of carbonyl (C=O) groups is 2. The van der Waals surface area contributed by atoms with Gasteiger partial charge in [0.1, 0.15) is 16.7 Å². The van der Waals surface area contributed by atoms with Gasteiger partial charge in [0.05, 0.1) is 32.9 Å². The highest BCUT2D eigenvalue weighted by atomic mass is 35.5. The van der Waals surface area contributed by atoms with Crippen LogP contribution in [0.4, 0.5) is 0 Å². The average molecular weight is 558 g/mol. The predicted octanol–water partition coefficient (Wildman–Crippen LogP) is 4.34. The van der Waals surface area contributed by atoms with Crippen LogP contribution in [0.1, 0.15) is 40.5 Å². The summed E-state index contributed by atoms with van der Waals surface area (Å²) in [6.45, 7) is 1.58. The summed E-state index contributed by atoms with van der Waals surface area (Å²) in [5.74, 6) is -0.438. The van der Waals surface area contributed by atoms with Crippen LogP contribution in [0.3, 0.4) is 0 Å². The van der Waals surface area contributed by atoms with E-state index >= 15 is 0 Å². The van der Waals surface area contributed by atoms with Gasteiger partial charge in [-0.05, 0) is 66.6 Å². The molecule has 0 radical (unpaired) electrons. The number of hydrogen-bond acceptors (Lipinski definition) is 8. The summed E-state index contributed by atoms with van der Waals surface area (Å²) >= 11 is 6.00. The number of ether oxygens (including phenoxy) is 3. The molecule has 3 aromatic rings. The van der Waals surface area contributed by atoms with E-state index in [-0.39, 0.29) is 12.2 Å². The molecule has 0 aromatic heterocycles. The number of Topliss-reactive ketones (excluding diaryl/α,β-unsaturated/α-hetero) is 1. The van der Waals surface area contributed by atoms with Crippen LogP contribution < -0.4 is 14.8 Å². The van der Waals surface area contributed by atoms with Crippen LogP contribution in [0.15, 0.2) is 72.8 Å². The molecule has 0 aliphatic carbocycles. The van der Waals surface area contributed by atoms with Gasteiger partial charge in [-0.1, -0.05) is 35.9 Å². The largest absolute Gasteiger partial charge is 0.497 e. The lowest BCUT2D eigenvalue weighted by Crippen LogP contribution is -2.59. The second-order valence-electron chi connectivity index (χ2n) is 8.72. The first-order valence-corrected chi connectivity index (χ1v) is 13.9. The summed E-state index contributed by atoms with van der Waals surface area (Å²) in [5.41, 5.74) is 1.24. The number of hydrogen-bond donors (Lipinski definition) is 1. The van der Waals surface area contributed by atoms with Crippen LogP contribution in [0, 0.1) is 0 Å². The number of benzene rings is 3. The Morgan fingerprint density at radius 1 is 0.789 bits per heavy atom. The van der Waals surface area contributed by atoms with Gasteiger partial charge in [-0.3, -0.25) is 14.9 Å². The van der Waals surface area contributed by atoms with Crippen molar-refractivity contribution < 1.29 is 32.2 Å². The number of esters is 1. The summed E-state index contributed by atoms with van der Waals surface area (Å²) in [4.78, 5) is 27.0. The Kier molecular flexibility index (Phi) is 8.40. The molecule has 1 aliphatic heterocycles. The average Bonchev–Trinajstić information content (AvgIpc) is 2.92. The van der Waals surface area contributed by atoms with Gasteiger partial charge >= 0.3 is 5.97 Å². The molecule has 200 valence electrons. The highest BCUT2D eigenvalue weighted by Crippen LogP contribution is 2.40. The van der Waals surface area contributed by atoms with Crippen LogP contribution in [-0.2, 0) is 19.4 Å². The molecule has 0 amide bonds. The van der Waals surface area contributed by atoms with Crippen LogP contribution in [0.2, 0.25) is 5.02 Å².